The number of thiazole rings is 1. The molecule has 1 aromatic heterocycles. The van der Waals surface area contributed by atoms with Gasteiger partial charge in [-0.3, -0.25) is 9.69 Å². The number of anilines is 1. The van der Waals surface area contributed by atoms with Crippen LogP contribution in [0.5, 0.6) is 0 Å². The lowest BCUT2D eigenvalue weighted by Gasteiger charge is -2.31. The Bertz CT molecular complexity index is 653. The average Bonchev–Trinajstić information content (AvgIpc) is 2.88. The third-order valence-corrected chi connectivity index (χ3v) is 4.83. The fraction of sp³-hybridized carbons (Fsp3) is 0.429. The molecule has 1 saturated heterocycles. The Hall–Kier alpha value is -1.21. The first-order valence-corrected chi connectivity index (χ1v) is 8.14. The lowest BCUT2D eigenvalue weighted by atomic mass is 10.2. The molecule has 1 unspecified atom stereocenters. The Morgan fingerprint density at radius 2 is 2.24 bits per heavy atom. The topological polar surface area (TPSA) is 57.3 Å². The maximum absolute atomic E-state index is 12.3. The number of benzene rings is 1. The van der Waals surface area contributed by atoms with Gasteiger partial charge in [0.05, 0.1) is 16.3 Å². The van der Waals surface area contributed by atoms with Crippen molar-refractivity contribution in [1.82, 2.24) is 15.2 Å². The van der Waals surface area contributed by atoms with Crippen molar-refractivity contribution < 1.29 is 4.79 Å². The summed E-state index contributed by atoms with van der Waals surface area (Å²) in [6.07, 6.45) is 0. The van der Waals surface area contributed by atoms with Gasteiger partial charge in [0.1, 0.15) is 0 Å². The maximum Gasteiger partial charge on any atom is 0.243 e. The van der Waals surface area contributed by atoms with Crippen LogP contribution in [0.4, 0.5) is 5.13 Å². The van der Waals surface area contributed by atoms with Crippen molar-refractivity contribution in [2.24, 2.45) is 0 Å². The summed E-state index contributed by atoms with van der Waals surface area (Å²) in [4.78, 5) is 18.9. The molecule has 0 bridgehead atoms. The van der Waals surface area contributed by atoms with Crippen LogP contribution in [-0.4, -0.2) is 48.0 Å². The number of fused-ring (bicyclic) bond motifs is 1. The minimum absolute atomic E-state index is 0.0120. The molecule has 1 aromatic carbocycles. The van der Waals surface area contributed by atoms with Crippen LogP contribution in [0.25, 0.3) is 10.2 Å². The van der Waals surface area contributed by atoms with Crippen LogP contribution in [0, 0.1) is 0 Å². The lowest BCUT2D eigenvalue weighted by molar-refractivity contribution is -0.120. The molecule has 0 radical (unpaired) electrons. The SMILES string of the molecule is CC(C(=O)Nc1nc2ccc(Cl)cc2s1)N1CCNCC1. The molecule has 21 heavy (non-hydrogen) atoms. The van der Waals surface area contributed by atoms with Crippen LogP contribution < -0.4 is 10.6 Å². The third-order valence-electron chi connectivity index (χ3n) is 3.66. The molecule has 2 aromatic rings. The first kappa shape index (κ1) is 14.7. The van der Waals surface area contributed by atoms with E-state index in [-0.39, 0.29) is 11.9 Å². The number of nitrogens with zero attached hydrogens (tertiary/aromatic N) is 2. The quantitative estimate of drug-likeness (QED) is 0.908. The van der Waals surface area contributed by atoms with Gasteiger partial charge >= 0.3 is 0 Å². The number of hydrogen-bond donors (Lipinski definition) is 2. The molecule has 0 saturated carbocycles. The molecule has 0 aliphatic carbocycles. The smallest absolute Gasteiger partial charge is 0.243 e. The number of carbonyl (C=O) groups excluding carboxylic acids is 1. The number of hydrogen-bond acceptors (Lipinski definition) is 5. The second-order valence-corrected chi connectivity index (χ2v) is 6.55. The molecule has 1 aliphatic heterocycles. The van der Waals surface area contributed by atoms with Crippen molar-refractivity contribution >= 4 is 44.2 Å². The highest BCUT2D eigenvalue weighted by Gasteiger charge is 2.23. The van der Waals surface area contributed by atoms with E-state index >= 15 is 0 Å². The van der Waals surface area contributed by atoms with Gasteiger partial charge in [0.2, 0.25) is 5.91 Å². The number of carbonyl (C=O) groups is 1. The first-order valence-electron chi connectivity index (χ1n) is 6.95. The number of halogens is 1. The van der Waals surface area contributed by atoms with Crippen molar-refractivity contribution in [1.29, 1.82) is 0 Å². The fourth-order valence-corrected chi connectivity index (χ4v) is 3.54. The van der Waals surface area contributed by atoms with Gasteiger partial charge < -0.3 is 10.6 Å². The molecule has 1 atom stereocenters. The molecule has 5 nitrogen and oxygen atoms in total. The van der Waals surface area contributed by atoms with Crippen LogP contribution >= 0.6 is 22.9 Å². The van der Waals surface area contributed by atoms with Crippen molar-refractivity contribution in [2.75, 3.05) is 31.5 Å². The first-order chi connectivity index (χ1) is 10.1. The van der Waals surface area contributed by atoms with E-state index in [4.69, 9.17) is 11.6 Å². The van der Waals surface area contributed by atoms with Crippen LogP contribution in [0.1, 0.15) is 6.92 Å². The standard InChI is InChI=1S/C14H17ClN4OS/c1-9(19-6-4-16-5-7-19)13(20)18-14-17-11-3-2-10(15)8-12(11)21-14/h2-3,8-9,16H,4-7H2,1H3,(H,17,18,20). The minimum atomic E-state index is -0.150. The van der Waals surface area contributed by atoms with E-state index in [1.807, 2.05) is 19.1 Å². The molecule has 0 spiro atoms. The second-order valence-electron chi connectivity index (χ2n) is 5.08. The Morgan fingerprint density at radius 1 is 1.48 bits per heavy atom. The van der Waals surface area contributed by atoms with Crippen LogP contribution in [-0.2, 0) is 4.79 Å². The third kappa shape index (κ3) is 3.35. The van der Waals surface area contributed by atoms with Gasteiger partial charge in [0, 0.05) is 31.2 Å². The van der Waals surface area contributed by atoms with E-state index in [1.165, 1.54) is 11.3 Å². The predicted molar refractivity (Wildman–Crippen MR) is 87.2 cm³/mol. The van der Waals surface area contributed by atoms with E-state index in [2.05, 4.69) is 20.5 Å². The molecule has 2 N–H and O–H groups in total. The molecule has 1 amide bonds. The van der Waals surface area contributed by atoms with E-state index in [0.717, 1.165) is 36.4 Å². The monoisotopic (exact) mass is 324 g/mol. The second kappa shape index (κ2) is 6.27. The summed E-state index contributed by atoms with van der Waals surface area (Å²) in [5.41, 5.74) is 0.856. The number of amides is 1. The molecule has 1 fully saturated rings. The Kier molecular flexibility index (Phi) is 4.40. The van der Waals surface area contributed by atoms with Gasteiger partial charge in [-0.2, -0.15) is 0 Å². The normalized spacial score (nSPS) is 17.8. The zero-order valence-corrected chi connectivity index (χ0v) is 13.3. The van der Waals surface area contributed by atoms with E-state index in [9.17, 15) is 4.79 Å². The van der Waals surface area contributed by atoms with Gasteiger partial charge in [0.25, 0.3) is 0 Å². The van der Waals surface area contributed by atoms with E-state index in [0.29, 0.717) is 10.2 Å². The Balaban J connectivity index is 1.70. The van der Waals surface area contributed by atoms with Gasteiger partial charge in [-0.05, 0) is 25.1 Å². The largest absolute Gasteiger partial charge is 0.314 e. The summed E-state index contributed by atoms with van der Waals surface area (Å²) in [5, 5.41) is 7.50. The van der Waals surface area contributed by atoms with Crippen LogP contribution in [0.15, 0.2) is 18.2 Å². The summed E-state index contributed by atoms with van der Waals surface area (Å²) >= 11 is 7.41. The Labute approximate surface area is 132 Å². The van der Waals surface area contributed by atoms with Gasteiger partial charge in [0.15, 0.2) is 5.13 Å². The number of rotatable bonds is 3. The van der Waals surface area contributed by atoms with Crippen molar-refractivity contribution in [2.45, 2.75) is 13.0 Å². The molecular formula is C14H17ClN4OS. The molecule has 3 rings (SSSR count). The Morgan fingerprint density at radius 3 is 3.00 bits per heavy atom. The minimum Gasteiger partial charge on any atom is -0.314 e. The summed E-state index contributed by atoms with van der Waals surface area (Å²) < 4.78 is 0.979. The highest BCUT2D eigenvalue weighted by molar-refractivity contribution is 7.22. The predicted octanol–water partition coefficient (Wildman–Crippen LogP) is 2.18. The summed E-state index contributed by atoms with van der Waals surface area (Å²) in [5.74, 6) is -0.0120. The molecule has 112 valence electrons. The van der Waals surface area contributed by atoms with Gasteiger partial charge in [-0.25, -0.2) is 4.98 Å². The summed E-state index contributed by atoms with van der Waals surface area (Å²) in [6, 6.07) is 5.38. The molecule has 2 heterocycles. The van der Waals surface area contributed by atoms with Crippen LogP contribution in [0.2, 0.25) is 5.02 Å². The average molecular weight is 325 g/mol. The van der Waals surface area contributed by atoms with Crippen molar-refractivity contribution in [3.63, 3.8) is 0 Å². The van der Waals surface area contributed by atoms with Gasteiger partial charge in [-0.15, -0.1) is 0 Å². The zero-order valence-electron chi connectivity index (χ0n) is 11.7. The maximum atomic E-state index is 12.3. The van der Waals surface area contributed by atoms with Gasteiger partial charge in [-0.1, -0.05) is 22.9 Å². The zero-order chi connectivity index (χ0) is 14.8. The van der Waals surface area contributed by atoms with E-state index < -0.39 is 0 Å². The number of aromatic nitrogens is 1. The summed E-state index contributed by atoms with van der Waals surface area (Å²) in [6.45, 7) is 5.58. The molecular weight excluding hydrogens is 308 g/mol. The lowest BCUT2D eigenvalue weighted by Crippen LogP contribution is -2.51. The number of nitrogens with one attached hydrogen (secondary N) is 2. The molecule has 7 heteroatoms. The van der Waals surface area contributed by atoms with Crippen molar-refractivity contribution in [3.8, 4) is 0 Å². The highest BCUT2D eigenvalue weighted by Crippen LogP contribution is 2.28. The van der Waals surface area contributed by atoms with Crippen molar-refractivity contribution in [3.05, 3.63) is 23.2 Å². The molecule has 1 aliphatic rings. The van der Waals surface area contributed by atoms with E-state index in [1.54, 1.807) is 6.07 Å². The fourth-order valence-electron chi connectivity index (χ4n) is 2.40. The van der Waals surface area contributed by atoms with Crippen LogP contribution in [0.3, 0.4) is 0 Å². The number of piperazine rings is 1. The summed E-state index contributed by atoms with van der Waals surface area (Å²) in [7, 11) is 0. The highest BCUT2D eigenvalue weighted by atomic mass is 35.5.